The average molecular weight is 1070 g/mol. The molecule has 3 aliphatic rings. The molecule has 3 fully saturated rings. The van der Waals surface area contributed by atoms with E-state index in [9.17, 15) is 60.7 Å². The molecule has 0 radical (unpaired) electrons. The lowest BCUT2D eigenvalue weighted by molar-refractivity contribution is -0.374. The zero-order chi connectivity index (χ0) is 54.3. The predicted octanol–water partition coefficient (Wildman–Crippen LogP) is 3.18. The van der Waals surface area contributed by atoms with E-state index in [1.54, 1.807) is 6.08 Å². The van der Waals surface area contributed by atoms with Crippen molar-refractivity contribution in [2.45, 2.75) is 292 Å². The standard InChI is InChI=1S/C54H100N2O18/c1-4-6-8-10-12-14-16-18-20-22-24-26-28-30-38(61)37(56-42(62)31-29-27-25-23-21-19-17-15-13-11-9-7-5-2)35-69-53-48(67)46(65)51(40(33-58)71-53)74-54-49(68)47(66)50(41(34-59)72-54)73-52-43(55-36(3)60)45(64)44(63)39(32-57)70-52/h28,30,37-41,43-54,57-59,61,63-68H,4-27,29,31-35H2,1-3H3,(H,55,60)(H,56,62)/b30-28+/t37-,38+,39+,40+,41+,43+,44-,45+,46+,47+,48?,49+,50-,51+,52-,53+,54-/m0/s1. The van der Waals surface area contributed by atoms with E-state index in [1.807, 2.05) is 6.08 Å². The van der Waals surface area contributed by atoms with E-state index < -0.39 is 130 Å². The van der Waals surface area contributed by atoms with E-state index in [4.69, 9.17) is 28.4 Å². The summed E-state index contributed by atoms with van der Waals surface area (Å²) >= 11 is 0. The molecule has 17 atom stereocenters. The summed E-state index contributed by atoms with van der Waals surface area (Å²) in [5, 5.41) is 113. The van der Waals surface area contributed by atoms with Gasteiger partial charge in [-0.2, -0.15) is 0 Å². The first-order chi connectivity index (χ1) is 35.7. The highest BCUT2D eigenvalue weighted by molar-refractivity contribution is 5.76. The summed E-state index contributed by atoms with van der Waals surface area (Å²) in [5.41, 5.74) is 0. The molecule has 3 aliphatic heterocycles. The number of hydrogen-bond donors (Lipinski definition) is 12. The van der Waals surface area contributed by atoms with Crippen molar-refractivity contribution in [3.8, 4) is 0 Å². The van der Waals surface area contributed by atoms with Gasteiger partial charge in [0, 0.05) is 13.3 Å². The molecule has 0 spiro atoms. The van der Waals surface area contributed by atoms with Crippen molar-refractivity contribution in [3.63, 3.8) is 0 Å². The summed E-state index contributed by atoms with van der Waals surface area (Å²) in [7, 11) is 0. The molecule has 2 amide bonds. The van der Waals surface area contributed by atoms with Crippen molar-refractivity contribution in [1.82, 2.24) is 10.6 Å². The van der Waals surface area contributed by atoms with Crippen LogP contribution in [0.1, 0.15) is 188 Å². The number of unbranched alkanes of at least 4 members (excludes halogenated alkanes) is 23. The van der Waals surface area contributed by atoms with Gasteiger partial charge in [0.1, 0.15) is 73.2 Å². The van der Waals surface area contributed by atoms with Crippen LogP contribution in [0.25, 0.3) is 0 Å². The van der Waals surface area contributed by atoms with Crippen molar-refractivity contribution in [2.24, 2.45) is 0 Å². The number of aliphatic hydroxyl groups excluding tert-OH is 10. The molecule has 3 saturated heterocycles. The van der Waals surface area contributed by atoms with Crippen molar-refractivity contribution in [2.75, 3.05) is 26.4 Å². The third-order valence-corrected chi connectivity index (χ3v) is 14.5. The Labute approximate surface area is 440 Å². The summed E-state index contributed by atoms with van der Waals surface area (Å²) in [6.45, 7) is 2.80. The lowest BCUT2D eigenvalue weighted by Crippen LogP contribution is -2.68. The van der Waals surface area contributed by atoms with Gasteiger partial charge < -0.3 is 90.1 Å². The van der Waals surface area contributed by atoms with Gasteiger partial charge in [0.2, 0.25) is 11.8 Å². The minimum absolute atomic E-state index is 0.244. The van der Waals surface area contributed by atoms with Gasteiger partial charge in [-0.25, -0.2) is 0 Å². The summed E-state index contributed by atoms with van der Waals surface area (Å²) in [5.74, 6) is -0.926. The second-order valence-electron chi connectivity index (χ2n) is 20.8. The first-order valence-electron chi connectivity index (χ1n) is 28.4. The van der Waals surface area contributed by atoms with E-state index in [1.165, 1.54) is 109 Å². The van der Waals surface area contributed by atoms with E-state index >= 15 is 0 Å². The fourth-order valence-corrected chi connectivity index (χ4v) is 9.89. The number of amides is 2. The van der Waals surface area contributed by atoms with Gasteiger partial charge in [-0.15, -0.1) is 0 Å². The third-order valence-electron chi connectivity index (χ3n) is 14.5. The van der Waals surface area contributed by atoms with Crippen LogP contribution in [0.15, 0.2) is 12.2 Å². The molecule has 3 rings (SSSR count). The van der Waals surface area contributed by atoms with Crippen LogP contribution >= 0.6 is 0 Å². The first-order valence-corrected chi connectivity index (χ1v) is 28.4. The Morgan fingerprint density at radius 3 is 1.42 bits per heavy atom. The highest BCUT2D eigenvalue weighted by Crippen LogP contribution is 2.33. The largest absolute Gasteiger partial charge is 0.394 e. The van der Waals surface area contributed by atoms with Gasteiger partial charge in [0.15, 0.2) is 18.9 Å². The molecule has 0 bridgehead atoms. The number of allylic oxidation sites excluding steroid dienone is 1. The topological polar surface area (TPSA) is 316 Å². The summed E-state index contributed by atoms with van der Waals surface area (Å²) in [6.07, 6.45) is 8.28. The summed E-state index contributed by atoms with van der Waals surface area (Å²) in [4.78, 5) is 25.2. The Morgan fingerprint density at radius 2 is 0.946 bits per heavy atom. The molecule has 0 aromatic rings. The molecule has 0 aromatic carbocycles. The van der Waals surface area contributed by atoms with Crippen LogP contribution in [-0.4, -0.2) is 194 Å². The lowest BCUT2D eigenvalue weighted by Gasteiger charge is -2.48. The molecule has 0 aliphatic carbocycles. The van der Waals surface area contributed by atoms with Crippen LogP contribution in [0.2, 0.25) is 0 Å². The highest BCUT2D eigenvalue weighted by atomic mass is 16.8. The maximum atomic E-state index is 13.3. The fourth-order valence-electron chi connectivity index (χ4n) is 9.89. The SMILES string of the molecule is CCCCCCCCCCCCC/C=C/[C@@H](O)[C@H](CO[C@@H]1O[C@H](CO)[C@@H](O[C@@H]2O[C@H](CO)[C@H](O[C@@H]3O[C@H](CO)[C@H](O)[C@H](O)[C@H]3NC(C)=O)[C@H](O)[C@H]2O)[C@H](O)C1O)NC(=O)CCCCCCCCCCCCCCC. The molecule has 12 N–H and O–H groups in total. The van der Waals surface area contributed by atoms with Crippen LogP contribution in [0.5, 0.6) is 0 Å². The van der Waals surface area contributed by atoms with Crippen LogP contribution in [0, 0.1) is 0 Å². The molecule has 3 heterocycles. The molecule has 434 valence electrons. The van der Waals surface area contributed by atoms with Crippen LogP contribution in [0.4, 0.5) is 0 Å². The van der Waals surface area contributed by atoms with Gasteiger partial charge in [0.05, 0.1) is 38.6 Å². The van der Waals surface area contributed by atoms with Crippen LogP contribution in [-0.2, 0) is 38.0 Å². The second-order valence-corrected chi connectivity index (χ2v) is 20.8. The van der Waals surface area contributed by atoms with Crippen molar-refractivity contribution >= 4 is 11.8 Å². The number of rotatable bonds is 40. The Balaban J connectivity index is 1.58. The number of aliphatic hydroxyl groups is 10. The van der Waals surface area contributed by atoms with Gasteiger partial charge in [-0.3, -0.25) is 9.59 Å². The fraction of sp³-hybridized carbons (Fsp3) is 0.926. The molecule has 0 saturated carbocycles. The molecule has 20 nitrogen and oxygen atoms in total. The lowest BCUT2D eigenvalue weighted by atomic mass is 9.95. The zero-order valence-electron chi connectivity index (χ0n) is 44.9. The highest BCUT2D eigenvalue weighted by Gasteiger charge is 2.54. The van der Waals surface area contributed by atoms with Gasteiger partial charge in [-0.05, 0) is 19.3 Å². The maximum absolute atomic E-state index is 13.3. The second kappa shape index (κ2) is 38.6. The number of carbonyl (C=O) groups is 2. The molecule has 20 heteroatoms. The van der Waals surface area contributed by atoms with Crippen molar-refractivity contribution < 1.29 is 89.1 Å². The molecular weight excluding hydrogens is 965 g/mol. The van der Waals surface area contributed by atoms with Crippen molar-refractivity contribution in [1.29, 1.82) is 0 Å². The Morgan fingerprint density at radius 1 is 0.527 bits per heavy atom. The average Bonchev–Trinajstić information content (AvgIpc) is 3.38. The van der Waals surface area contributed by atoms with E-state index in [0.717, 1.165) is 51.9 Å². The molecular formula is C54H100N2O18. The molecule has 74 heavy (non-hydrogen) atoms. The zero-order valence-corrected chi connectivity index (χ0v) is 44.9. The molecule has 0 aromatic heterocycles. The predicted molar refractivity (Wildman–Crippen MR) is 275 cm³/mol. The Bertz CT molecular complexity index is 1480. The third kappa shape index (κ3) is 23.6. The maximum Gasteiger partial charge on any atom is 0.220 e. The quantitative estimate of drug-likeness (QED) is 0.0310. The molecule has 1 unspecified atom stereocenters. The summed E-state index contributed by atoms with van der Waals surface area (Å²) < 4.78 is 34.8. The smallest absolute Gasteiger partial charge is 0.220 e. The van der Waals surface area contributed by atoms with Gasteiger partial charge in [-0.1, -0.05) is 167 Å². The minimum Gasteiger partial charge on any atom is -0.394 e. The minimum atomic E-state index is -1.99. The van der Waals surface area contributed by atoms with Crippen LogP contribution in [0.3, 0.4) is 0 Å². The number of hydrogen-bond acceptors (Lipinski definition) is 18. The van der Waals surface area contributed by atoms with Crippen molar-refractivity contribution in [3.05, 3.63) is 12.2 Å². The monoisotopic (exact) mass is 1060 g/mol. The Kier molecular flexibility index (Phi) is 34.6. The number of ether oxygens (including phenoxy) is 6. The number of nitrogens with one attached hydrogen (secondary N) is 2. The van der Waals surface area contributed by atoms with E-state index in [-0.39, 0.29) is 18.9 Å². The van der Waals surface area contributed by atoms with Gasteiger partial charge >= 0.3 is 0 Å². The normalized spacial score (nSPS) is 31.4. The first kappa shape index (κ1) is 66.3. The Hall–Kier alpha value is -1.96. The van der Waals surface area contributed by atoms with E-state index in [2.05, 4.69) is 24.5 Å². The summed E-state index contributed by atoms with van der Waals surface area (Å²) in [6, 6.07) is -2.40. The van der Waals surface area contributed by atoms with Crippen LogP contribution < -0.4 is 10.6 Å². The van der Waals surface area contributed by atoms with Gasteiger partial charge in [0.25, 0.3) is 0 Å². The van der Waals surface area contributed by atoms with E-state index in [0.29, 0.717) is 6.42 Å². The number of carbonyl (C=O) groups excluding carboxylic acids is 2.